The third kappa shape index (κ3) is 2.22. The number of hydrogen-bond acceptors (Lipinski definition) is 2. The molecule has 1 saturated heterocycles. The van der Waals surface area contributed by atoms with Crippen molar-refractivity contribution in [1.29, 1.82) is 0 Å². The molecule has 1 spiro atoms. The number of hydrogen-bond donors (Lipinski definition) is 0. The molecular weight excluding hydrogens is 164 g/mol. The van der Waals surface area contributed by atoms with E-state index in [0.717, 1.165) is 45.3 Å². The lowest BCUT2D eigenvalue weighted by Crippen LogP contribution is -2.29. The Kier molecular flexibility index (Phi) is 2.84. The SMILES string of the molecule is C1=CCCCC2(CCC=1)OCCO2. The summed E-state index contributed by atoms with van der Waals surface area (Å²) in [4.78, 5) is 0. The van der Waals surface area contributed by atoms with E-state index in [9.17, 15) is 0 Å². The molecule has 0 aromatic rings. The molecule has 0 radical (unpaired) electrons. The summed E-state index contributed by atoms with van der Waals surface area (Å²) < 4.78 is 11.4. The number of allylic oxidation sites excluding steroid dienone is 1. The van der Waals surface area contributed by atoms with Crippen molar-refractivity contribution in [2.45, 2.75) is 37.9 Å². The summed E-state index contributed by atoms with van der Waals surface area (Å²) in [7, 11) is 0. The van der Waals surface area contributed by atoms with Crippen LogP contribution in [0.4, 0.5) is 0 Å². The van der Waals surface area contributed by atoms with Gasteiger partial charge in [0.2, 0.25) is 0 Å². The number of rotatable bonds is 0. The van der Waals surface area contributed by atoms with E-state index in [4.69, 9.17) is 9.47 Å². The maximum atomic E-state index is 5.69. The highest BCUT2D eigenvalue weighted by Gasteiger charge is 2.34. The van der Waals surface area contributed by atoms with E-state index in [-0.39, 0.29) is 5.79 Å². The predicted octanol–water partition coefficient (Wildman–Crippen LogP) is 2.40. The maximum Gasteiger partial charge on any atom is 0.168 e. The van der Waals surface area contributed by atoms with E-state index < -0.39 is 0 Å². The lowest BCUT2D eigenvalue weighted by atomic mass is 10.0. The third-order valence-electron chi connectivity index (χ3n) is 2.62. The van der Waals surface area contributed by atoms with Crippen LogP contribution in [0, 0.1) is 0 Å². The highest BCUT2D eigenvalue weighted by atomic mass is 16.7. The van der Waals surface area contributed by atoms with Crippen LogP contribution in [0.5, 0.6) is 0 Å². The van der Waals surface area contributed by atoms with Crippen LogP contribution in [0.2, 0.25) is 0 Å². The summed E-state index contributed by atoms with van der Waals surface area (Å²) in [6.45, 7) is 1.52. The molecule has 1 fully saturated rings. The lowest BCUT2D eigenvalue weighted by molar-refractivity contribution is -0.166. The van der Waals surface area contributed by atoms with Crippen molar-refractivity contribution in [2.75, 3.05) is 13.2 Å². The molecule has 1 aliphatic heterocycles. The minimum absolute atomic E-state index is 0.254. The fraction of sp³-hybridized carbons (Fsp3) is 0.727. The van der Waals surface area contributed by atoms with Crippen LogP contribution in [0.3, 0.4) is 0 Å². The summed E-state index contributed by atoms with van der Waals surface area (Å²) in [6, 6.07) is 0. The Bertz CT molecular complexity index is 220. The Morgan fingerprint density at radius 2 is 1.77 bits per heavy atom. The molecule has 0 aromatic carbocycles. The van der Waals surface area contributed by atoms with Crippen LogP contribution < -0.4 is 0 Å². The van der Waals surface area contributed by atoms with Crippen LogP contribution in [0.15, 0.2) is 17.9 Å². The van der Waals surface area contributed by atoms with Gasteiger partial charge in [-0.25, -0.2) is 0 Å². The van der Waals surface area contributed by atoms with Gasteiger partial charge < -0.3 is 9.47 Å². The van der Waals surface area contributed by atoms with Crippen molar-refractivity contribution in [3.63, 3.8) is 0 Å². The summed E-state index contributed by atoms with van der Waals surface area (Å²) in [5, 5.41) is 0. The van der Waals surface area contributed by atoms with E-state index in [1.165, 1.54) is 0 Å². The Labute approximate surface area is 79.2 Å². The maximum absolute atomic E-state index is 5.69. The minimum atomic E-state index is -0.254. The zero-order valence-corrected chi connectivity index (χ0v) is 7.92. The monoisotopic (exact) mass is 180 g/mol. The quantitative estimate of drug-likeness (QED) is 0.533. The first-order valence-corrected chi connectivity index (χ1v) is 5.09. The second-order valence-electron chi connectivity index (χ2n) is 3.61. The average Bonchev–Trinajstić information content (AvgIpc) is 2.62. The first-order chi connectivity index (χ1) is 6.41. The Morgan fingerprint density at radius 1 is 1.00 bits per heavy atom. The second-order valence-corrected chi connectivity index (χ2v) is 3.61. The summed E-state index contributed by atoms with van der Waals surface area (Å²) in [6.07, 6.45) is 9.43. The van der Waals surface area contributed by atoms with Crippen molar-refractivity contribution < 1.29 is 9.47 Å². The van der Waals surface area contributed by atoms with Crippen LogP contribution >= 0.6 is 0 Å². The van der Waals surface area contributed by atoms with Gasteiger partial charge in [0.05, 0.1) is 13.2 Å². The fourth-order valence-electron chi connectivity index (χ4n) is 1.93. The molecule has 72 valence electrons. The molecule has 1 heterocycles. The highest BCUT2D eigenvalue weighted by molar-refractivity contribution is 4.89. The van der Waals surface area contributed by atoms with E-state index >= 15 is 0 Å². The molecule has 0 saturated carbocycles. The topological polar surface area (TPSA) is 18.5 Å². The van der Waals surface area contributed by atoms with Crippen molar-refractivity contribution in [3.8, 4) is 0 Å². The molecule has 0 unspecified atom stereocenters. The predicted molar refractivity (Wildman–Crippen MR) is 50.4 cm³/mol. The van der Waals surface area contributed by atoms with Gasteiger partial charge in [0.25, 0.3) is 0 Å². The van der Waals surface area contributed by atoms with E-state index in [0.29, 0.717) is 0 Å². The van der Waals surface area contributed by atoms with Gasteiger partial charge in [-0.3, -0.25) is 0 Å². The average molecular weight is 180 g/mol. The molecular formula is C11H16O2. The van der Waals surface area contributed by atoms with Gasteiger partial charge in [-0.1, -0.05) is 0 Å². The third-order valence-corrected chi connectivity index (χ3v) is 2.62. The molecule has 0 bridgehead atoms. The molecule has 0 amide bonds. The smallest absolute Gasteiger partial charge is 0.168 e. The normalized spacial score (nSPS) is 27.1. The Balaban J connectivity index is 1.99. The van der Waals surface area contributed by atoms with Crippen LogP contribution in [0.1, 0.15) is 32.1 Å². The zero-order chi connectivity index (χ0) is 8.99. The molecule has 0 aromatic heterocycles. The molecule has 0 atom stereocenters. The molecule has 2 heteroatoms. The Hall–Kier alpha value is -0.560. The molecule has 2 aliphatic rings. The molecule has 2 rings (SSSR count). The minimum Gasteiger partial charge on any atom is -0.348 e. The van der Waals surface area contributed by atoms with Crippen molar-refractivity contribution in [1.82, 2.24) is 0 Å². The van der Waals surface area contributed by atoms with Gasteiger partial charge >= 0.3 is 0 Å². The first-order valence-electron chi connectivity index (χ1n) is 5.09. The second kappa shape index (κ2) is 4.10. The largest absolute Gasteiger partial charge is 0.348 e. The van der Waals surface area contributed by atoms with Gasteiger partial charge in [-0.2, -0.15) is 0 Å². The van der Waals surface area contributed by atoms with Crippen molar-refractivity contribution in [2.24, 2.45) is 0 Å². The van der Waals surface area contributed by atoms with E-state index in [2.05, 4.69) is 17.9 Å². The molecule has 13 heavy (non-hydrogen) atoms. The van der Waals surface area contributed by atoms with Gasteiger partial charge in [0, 0.05) is 12.8 Å². The number of ether oxygens (including phenoxy) is 2. The molecule has 0 N–H and O–H groups in total. The van der Waals surface area contributed by atoms with E-state index in [1.54, 1.807) is 0 Å². The summed E-state index contributed by atoms with van der Waals surface area (Å²) in [5.74, 6) is -0.254. The Morgan fingerprint density at radius 3 is 2.62 bits per heavy atom. The van der Waals surface area contributed by atoms with Gasteiger partial charge in [-0.15, -0.1) is 5.73 Å². The summed E-state index contributed by atoms with van der Waals surface area (Å²) >= 11 is 0. The van der Waals surface area contributed by atoms with Crippen molar-refractivity contribution >= 4 is 0 Å². The van der Waals surface area contributed by atoms with Crippen molar-refractivity contribution in [3.05, 3.63) is 17.9 Å². The fourth-order valence-corrected chi connectivity index (χ4v) is 1.93. The molecule has 1 aliphatic carbocycles. The highest BCUT2D eigenvalue weighted by Crippen LogP contribution is 2.31. The van der Waals surface area contributed by atoms with Gasteiger partial charge in [0.1, 0.15) is 0 Å². The zero-order valence-electron chi connectivity index (χ0n) is 7.92. The van der Waals surface area contributed by atoms with Crippen LogP contribution in [-0.4, -0.2) is 19.0 Å². The van der Waals surface area contributed by atoms with E-state index in [1.807, 2.05) is 0 Å². The van der Waals surface area contributed by atoms with Gasteiger partial charge in [-0.05, 0) is 31.4 Å². The lowest BCUT2D eigenvalue weighted by Gasteiger charge is -2.26. The van der Waals surface area contributed by atoms with Crippen LogP contribution in [0.25, 0.3) is 0 Å². The first kappa shape index (κ1) is 9.01. The molecule has 2 nitrogen and oxygen atoms in total. The van der Waals surface area contributed by atoms with Gasteiger partial charge in [0.15, 0.2) is 5.79 Å². The summed E-state index contributed by atoms with van der Waals surface area (Å²) in [5.41, 5.74) is 3.17. The van der Waals surface area contributed by atoms with Crippen LogP contribution in [-0.2, 0) is 9.47 Å². The standard InChI is InChI=1S/C11H16O2/c1-2-4-6-8-11(7-5-3-1)12-9-10-13-11/h1,4H,3,5-10H2.